The van der Waals surface area contributed by atoms with Gasteiger partial charge in [0.15, 0.2) is 22.2 Å². The smallest absolute Gasteiger partial charge is 0.200 e. The van der Waals surface area contributed by atoms with E-state index < -0.39 is 9.84 Å². The molecule has 0 bridgehead atoms. The summed E-state index contributed by atoms with van der Waals surface area (Å²) in [5, 5.41) is 0. The largest absolute Gasteiger partial charge is 0.485 e. The Morgan fingerprint density at radius 1 is 1.14 bits per heavy atom. The molecule has 0 radical (unpaired) electrons. The highest BCUT2D eigenvalue weighted by molar-refractivity contribution is 9.10. The second-order valence-electron chi connectivity index (χ2n) is 4.47. The summed E-state index contributed by atoms with van der Waals surface area (Å²) in [6.07, 6.45) is 1.13. The number of benzene rings is 2. The number of carbonyl (C=O) groups excluding carboxylic acids is 1. The quantitative estimate of drug-likeness (QED) is 0.760. The molecule has 0 atom stereocenters. The van der Waals surface area contributed by atoms with E-state index in [1.54, 1.807) is 12.1 Å². The molecule has 0 saturated heterocycles. The minimum absolute atomic E-state index is 0.103. The third-order valence-electron chi connectivity index (χ3n) is 2.77. The Morgan fingerprint density at radius 3 is 2.38 bits per heavy atom. The maximum absolute atomic E-state index is 12.0. The van der Waals surface area contributed by atoms with Gasteiger partial charge in [-0.15, -0.1) is 0 Å². The molecule has 0 fully saturated rings. The summed E-state index contributed by atoms with van der Waals surface area (Å²) in [6, 6.07) is 13.0. The Balaban J connectivity index is 2.04. The first kappa shape index (κ1) is 15.7. The first-order valence-electron chi connectivity index (χ1n) is 6.08. The highest BCUT2D eigenvalue weighted by Crippen LogP contribution is 2.18. The van der Waals surface area contributed by atoms with Crippen LogP contribution in [0.4, 0.5) is 0 Å². The molecule has 4 nitrogen and oxygen atoms in total. The van der Waals surface area contributed by atoms with Gasteiger partial charge >= 0.3 is 0 Å². The van der Waals surface area contributed by atoms with Crippen molar-refractivity contribution >= 4 is 31.6 Å². The molecular formula is C15H13BrO4S. The zero-order valence-corrected chi connectivity index (χ0v) is 13.6. The molecule has 2 rings (SSSR count). The molecule has 0 heterocycles. The van der Waals surface area contributed by atoms with E-state index in [1.165, 1.54) is 24.3 Å². The normalized spacial score (nSPS) is 11.1. The number of ketones is 1. The summed E-state index contributed by atoms with van der Waals surface area (Å²) in [6.45, 7) is -0.103. The Bertz CT molecular complexity index is 751. The van der Waals surface area contributed by atoms with E-state index in [0.717, 1.165) is 10.7 Å². The molecule has 0 saturated carbocycles. The first-order valence-corrected chi connectivity index (χ1v) is 8.76. The van der Waals surface area contributed by atoms with Crippen LogP contribution in [0.2, 0.25) is 0 Å². The number of halogens is 1. The molecule has 2 aromatic carbocycles. The van der Waals surface area contributed by atoms with Crippen LogP contribution < -0.4 is 4.74 Å². The number of hydrogen-bond donors (Lipinski definition) is 0. The van der Waals surface area contributed by atoms with E-state index in [-0.39, 0.29) is 17.3 Å². The van der Waals surface area contributed by atoms with E-state index in [1.807, 2.05) is 12.1 Å². The number of rotatable bonds is 5. The summed E-state index contributed by atoms with van der Waals surface area (Å²) in [4.78, 5) is 12.2. The van der Waals surface area contributed by atoms with Gasteiger partial charge < -0.3 is 4.74 Å². The fourth-order valence-electron chi connectivity index (χ4n) is 1.68. The second-order valence-corrected chi connectivity index (χ2v) is 7.40. The number of ether oxygens (including phenoxy) is 1. The number of sulfone groups is 1. The van der Waals surface area contributed by atoms with Crippen molar-refractivity contribution in [3.05, 3.63) is 58.6 Å². The predicted molar refractivity (Wildman–Crippen MR) is 83.5 cm³/mol. The molecule has 0 aliphatic heterocycles. The minimum atomic E-state index is -3.25. The average molecular weight is 369 g/mol. The Hall–Kier alpha value is -1.66. The second kappa shape index (κ2) is 6.41. The van der Waals surface area contributed by atoms with Gasteiger partial charge in [-0.2, -0.15) is 0 Å². The molecule has 0 amide bonds. The predicted octanol–water partition coefficient (Wildman–Crippen LogP) is 3.11. The molecule has 21 heavy (non-hydrogen) atoms. The van der Waals surface area contributed by atoms with E-state index in [2.05, 4.69) is 15.9 Å². The van der Waals surface area contributed by atoms with Crippen LogP contribution in [-0.4, -0.2) is 27.1 Å². The third-order valence-corrected chi connectivity index (χ3v) is 4.39. The number of Topliss-reactive ketones (excluding diaryl/α,β-unsaturated/α-hetero) is 1. The molecule has 110 valence electrons. The lowest BCUT2D eigenvalue weighted by Gasteiger charge is -2.06. The molecule has 0 aliphatic rings. The van der Waals surface area contributed by atoms with E-state index in [4.69, 9.17) is 4.74 Å². The van der Waals surface area contributed by atoms with Crippen LogP contribution in [0, 0.1) is 0 Å². The van der Waals surface area contributed by atoms with Gasteiger partial charge in [-0.25, -0.2) is 8.42 Å². The first-order chi connectivity index (χ1) is 9.86. The van der Waals surface area contributed by atoms with Crippen LogP contribution in [0.3, 0.4) is 0 Å². The maximum atomic E-state index is 12.0. The van der Waals surface area contributed by atoms with Crippen molar-refractivity contribution in [3.8, 4) is 5.75 Å². The average Bonchev–Trinajstić information content (AvgIpc) is 2.44. The zero-order chi connectivity index (χ0) is 15.5. The summed E-state index contributed by atoms with van der Waals surface area (Å²) in [7, 11) is -3.25. The van der Waals surface area contributed by atoms with Gasteiger partial charge in [0.25, 0.3) is 0 Å². The number of hydrogen-bond acceptors (Lipinski definition) is 4. The topological polar surface area (TPSA) is 60.4 Å². The van der Waals surface area contributed by atoms with E-state index >= 15 is 0 Å². The van der Waals surface area contributed by atoms with E-state index in [9.17, 15) is 13.2 Å². The summed E-state index contributed by atoms with van der Waals surface area (Å²) in [5.74, 6) is 0.375. The molecule has 0 aromatic heterocycles. The summed E-state index contributed by atoms with van der Waals surface area (Å²) in [5.41, 5.74) is 0.414. The van der Waals surface area contributed by atoms with Crippen LogP contribution in [0.5, 0.6) is 5.75 Å². The fourth-order valence-corrected chi connectivity index (χ4v) is 2.69. The molecule has 2 aromatic rings. The highest BCUT2D eigenvalue weighted by Gasteiger charge is 2.10. The standard InChI is InChI=1S/C15H13BrO4S/c1-21(18,19)14-7-5-11(6-8-14)15(17)10-20-13-4-2-3-12(16)9-13/h2-9H,10H2,1H3. The van der Waals surface area contributed by atoms with Crippen LogP contribution in [0.25, 0.3) is 0 Å². The van der Waals surface area contributed by atoms with Crippen molar-refractivity contribution in [1.29, 1.82) is 0 Å². The van der Waals surface area contributed by atoms with Crippen molar-refractivity contribution in [2.24, 2.45) is 0 Å². The lowest BCUT2D eigenvalue weighted by Crippen LogP contribution is -2.11. The van der Waals surface area contributed by atoms with Crippen LogP contribution in [-0.2, 0) is 9.84 Å². The minimum Gasteiger partial charge on any atom is -0.485 e. The Kier molecular flexibility index (Phi) is 4.80. The van der Waals surface area contributed by atoms with Crippen molar-refractivity contribution in [2.45, 2.75) is 4.90 Å². The summed E-state index contributed by atoms with van der Waals surface area (Å²) < 4.78 is 29.0. The lowest BCUT2D eigenvalue weighted by atomic mass is 10.1. The highest BCUT2D eigenvalue weighted by atomic mass is 79.9. The van der Waals surface area contributed by atoms with Crippen LogP contribution >= 0.6 is 15.9 Å². The SMILES string of the molecule is CS(=O)(=O)c1ccc(C(=O)COc2cccc(Br)c2)cc1. The van der Waals surface area contributed by atoms with Crippen LogP contribution in [0.15, 0.2) is 57.9 Å². The molecule has 6 heteroatoms. The zero-order valence-electron chi connectivity index (χ0n) is 11.2. The molecule has 0 N–H and O–H groups in total. The lowest BCUT2D eigenvalue weighted by molar-refractivity contribution is 0.0921. The summed E-state index contributed by atoms with van der Waals surface area (Å²) >= 11 is 3.32. The fraction of sp³-hybridized carbons (Fsp3) is 0.133. The third kappa shape index (κ3) is 4.41. The van der Waals surface area contributed by atoms with E-state index in [0.29, 0.717) is 11.3 Å². The monoisotopic (exact) mass is 368 g/mol. The maximum Gasteiger partial charge on any atom is 0.200 e. The van der Waals surface area contributed by atoms with Gasteiger partial charge in [0, 0.05) is 16.3 Å². The van der Waals surface area contributed by atoms with Crippen molar-refractivity contribution < 1.29 is 17.9 Å². The van der Waals surface area contributed by atoms with Crippen molar-refractivity contribution in [1.82, 2.24) is 0 Å². The van der Waals surface area contributed by atoms with Gasteiger partial charge in [0.1, 0.15) is 5.75 Å². The van der Waals surface area contributed by atoms with Crippen molar-refractivity contribution in [3.63, 3.8) is 0 Å². The van der Waals surface area contributed by atoms with Gasteiger partial charge in [-0.3, -0.25) is 4.79 Å². The van der Waals surface area contributed by atoms with Crippen LogP contribution in [0.1, 0.15) is 10.4 Å². The van der Waals surface area contributed by atoms with Gasteiger partial charge in [0.05, 0.1) is 4.90 Å². The van der Waals surface area contributed by atoms with Gasteiger partial charge in [-0.05, 0) is 42.5 Å². The molecular weight excluding hydrogens is 356 g/mol. The number of carbonyl (C=O) groups is 1. The molecule has 0 spiro atoms. The Morgan fingerprint density at radius 2 is 1.81 bits per heavy atom. The molecule has 0 aliphatic carbocycles. The van der Waals surface area contributed by atoms with Gasteiger partial charge in [0.2, 0.25) is 0 Å². The molecule has 0 unspecified atom stereocenters. The van der Waals surface area contributed by atoms with Crippen molar-refractivity contribution in [2.75, 3.05) is 12.9 Å². The van der Waals surface area contributed by atoms with Gasteiger partial charge in [-0.1, -0.05) is 22.0 Å². The Labute approximate surface area is 131 Å².